The molecular formula is C10H11O3. The van der Waals surface area contributed by atoms with Crippen molar-refractivity contribution in [2.45, 2.75) is 6.92 Å². The fraction of sp³-hybridized carbons (Fsp3) is 0.200. The summed E-state index contributed by atoms with van der Waals surface area (Å²) < 4.78 is 0. The van der Waals surface area contributed by atoms with Gasteiger partial charge in [-0.25, -0.2) is 4.79 Å². The lowest BCUT2D eigenvalue weighted by Crippen LogP contribution is -2.07. The molecule has 0 N–H and O–H groups in total. The topological polar surface area (TPSA) is 35.5 Å². The molecule has 0 aliphatic rings. The van der Waals surface area contributed by atoms with Crippen LogP contribution >= 0.6 is 0 Å². The molecule has 0 bridgehead atoms. The normalized spacial score (nSPS) is 9.69. The minimum Gasteiger partial charge on any atom is -0.293 e. The maximum atomic E-state index is 11.2. The number of rotatable bonds is 3. The zero-order valence-corrected chi connectivity index (χ0v) is 7.45. The fourth-order valence-corrected chi connectivity index (χ4v) is 0.942. The van der Waals surface area contributed by atoms with Crippen LogP contribution in [0.5, 0.6) is 0 Å². The van der Waals surface area contributed by atoms with E-state index < -0.39 is 5.97 Å². The Balaban J connectivity index is 2.71. The van der Waals surface area contributed by atoms with Crippen LogP contribution in [-0.2, 0) is 9.78 Å². The quantitative estimate of drug-likeness (QED) is 0.525. The Kier molecular flexibility index (Phi) is 3.46. The van der Waals surface area contributed by atoms with E-state index in [4.69, 9.17) is 0 Å². The molecule has 0 amide bonds. The Hall–Kier alpha value is -1.35. The van der Waals surface area contributed by atoms with Gasteiger partial charge in [0.2, 0.25) is 0 Å². The standard InChI is InChI=1S/C10H11O3/c1-3-12-13-10(11)9-7-5-4-6-8(9)2/h4-7H,1,3H2,2H3. The molecule has 0 saturated carbocycles. The maximum Gasteiger partial charge on any atom is 0.373 e. The number of aryl methyl sites for hydroxylation is 1. The second-order valence-electron chi connectivity index (χ2n) is 2.51. The van der Waals surface area contributed by atoms with Crippen molar-refractivity contribution in [1.82, 2.24) is 0 Å². The molecule has 1 aromatic rings. The number of carbonyl (C=O) groups is 1. The summed E-state index contributed by atoms with van der Waals surface area (Å²) in [6.45, 7) is 5.32. The first-order chi connectivity index (χ1) is 6.25. The Morgan fingerprint density at radius 2 is 2.15 bits per heavy atom. The Morgan fingerprint density at radius 3 is 2.77 bits per heavy atom. The van der Waals surface area contributed by atoms with Gasteiger partial charge in [0, 0.05) is 0 Å². The third-order valence-corrected chi connectivity index (χ3v) is 1.58. The summed E-state index contributed by atoms with van der Waals surface area (Å²) in [5, 5.41) is 0. The van der Waals surface area contributed by atoms with Crippen molar-refractivity contribution in [3.63, 3.8) is 0 Å². The summed E-state index contributed by atoms with van der Waals surface area (Å²) in [6.07, 6.45) is 0. The first-order valence-electron chi connectivity index (χ1n) is 3.94. The molecule has 0 spiro atoms. The lowest BCUT2D eigenvalue weighted by Gasteiger charge is -2.03. The van der Waals surface area contributed by atoms with Crippen LogP contribution in [0.15, 0.2) is 24.3 Å². The highest BCUT2D eigenvalue weighted by molar-refractivity contribution is 5.90. The second-order valence-corrected chi connectivity index (χ2v) is 2.51. The van der Waals surface area contributed by atoms with E-state index in [1.54, 1.807) is 12.1 Å². The lowest BCUT2D eigenvalue weighted by atomic mass is 10.1. The molecular weight excluding hydrogens is 168 g/mol. The monoisotopic (exact) mass is 179 g/mol. The Bertz CT molecular complexity index is 294. The van der Waals surface area contributed by atoms with E-state index in [9.17, 15) is 4.79 Å². The number of hydrogen-bond acceptors (Lipinski definition) is 3. The average molecular weight is 179 g/mol. The van der Waals surface area contributed by atoms with Crippen molar-refractivity contribution in [1.29, 1.82) is 0 Å². The predicted molar refractivity (Wildman–Crippen MR) is 47.9 cm³/mol. The first-order valence-corrected chi connectivity index (χ1v) is 3.94. The van der Waals surface area contributed by atoms with Crippen molar-refractivity contribution < 1.29 is 14.6 Å². The van der Waals surface area contributed by atoms with Gasteiger partial charge >= 0.3 is 5.97 Å². The highest BCUT2D eigenvalue weighted by Gasteiger charge is 2.09. The van der Waals surface area contributed by atoms with E-state index >= 15 is 0 Å². The maximum absolute atomic E-state index is 11.2. The van der Waals surface area contributed by atoms with Crippen molar-refractivity contribution >= 4 is 5.97 Å². The van der Waals surface area contributed by atoms with Gasteiger partial charge in [0.15, 0.2) is 0 Å². The number of carbonyl (C=O) groups excluding carboxylic acids is 1. The summed E-state index contributed by atoms with van der Waals surface area (Å²) in [5.74, 6) is -0.484. The number of benzene rings is 1. The molecule has 69 valence electrons. The molecule has 3 nitrogen and oxygen atoms in total. The summed E-state index contributed by atoms with van der Waals surface area (Å²) in [4.78, 5) is 20.2. The van der Waals surface area contributed by atoms with Crippen LogP contribution in [0.2, 0.25) is 0 Å². The highest BCUT2D eigenvalue weighted by atomic mass is 17.2. The van der Waals surface area contributed by atoms with Crippen LogP contribution in [0, 0.1) is 13.8 Å². The molecule has 1 rings (SSSR count). The van der Waals surface area contributed by atoms with E-state index in [0.717, 1.165) is 5.56 Å². The van der Waals surface area contributed by atoms with Crippen LogP contribution in [0.1, 0.15) is 15.9 Å². The summed E-state index contributed by atoms with van der Waals surface area (Å²) >= 11 is 0. The summed E-state index contributed by atoms with van der Waals surface area (Å²) in [5.41, 5.74) is 1.37. The van der Waals surface area contributed by atoms with Crippen LogP contribution in [0.25, 0.3) is 0 Å². The SMILES string of the molecule is [CH2]COOC(=O)c1ccccc1C. The molecule has 0 unspecified atom stereocenters. The van der Waals surface area contributed by atoms with Gasteiger partial charge in [0.05, 0.1) is 12.2 Å². The van der Waals surface area contributed by atoms with Gasteiger partial charge in [-0.15, -0.1) is 0 Å². The minimum atomic E-state index is -0.484. The fourth-order valence-electron chi connectivity index (χ4n) is 0.942. The lowest BCUT2D eigenvalue weighted by molar-refractivity contribution is -0.232. The molecule has 1 aromatic carbocycles. The molecule has 3 heteroatoms. The molecule has 0 aliphatic heterocycles. The minimum absolute atomic E-state index is 0.109. The van der Waals surface area contributed by atoms with Gasteiger partial charge in [0.25, 0.3) is 0 Å². The van der Waals surface area contributed by atoms with Gasteiger partial charge < -0.3 is 0 Å². The van der Waals surface area contributed by atoms with Crippen LogP contribution in [0.3, 0.4) is 0 Å². The summed E-state index contributed by atoms with van der Waals surface area (Å²) in [6, 6.07) is 7.15. The van der Waals surface area contributed by atoms with Crippen LogP contribution in [0.4, 0.5) is 0 Å². The van der Waals surface area contributed by atoms with Crippen molar-refractivity contribution in [3.05, 3.63) is 42.3 Å². The molecule has 13 heavy (non-hydrogen) atoms. The van der Waals surface area contributed by atoms with E-state index in [-0.39, 0.29) is 6.61 Å². The highest BCUT2D eigenvalue weighted by Crippen LogP contribution is 2.08. The van der Waals surface area contributed by atoms with Crippen molar-refractivity contribution in [2.24, 2.45) is 0 Å². The van der Waals surface area contributed by atoms with E-state index in [1.165, 1.54) is 0 Å². The second kappa shape index (κ2) is 4.62. The molecule has 0 aromatic heterocycles. The zero-order valence-electron chi connectivity index (χ0n) is 7.45. The van der Waals surface area contributed by atoms with Gasteiger partial charge in [-0.05, 0) is 25.5 Å². The van der Waals surface area contributed by atoms with Crippen LogP contribution in [-0.4, -0.2) is 12.6 Å². The predicted octanol–water partition coefficient (Wildman–Crippen LogP) is 1.92. The molecule has 0 aliphatic carbocycles. The van der Waals surface area contributed by atoms with Gasteiger partial charge in [-0.2, -0.15) is 4.89 Å². The van der Waals surface area contributed by atoms with Crippen molar-refractivity contribution in [3.8, 4) is 0 Å². The van der Waals surface area contributed by atoms with Crippen molar-refractivity contribution in [2.75, 3.05) is 6.61 Å². The third kappa shape index (κ3) is 2.56. The Labute approximate surface area is 77.2 Å². The first kappa shape index (κ1) is 9.74. The smallest absolute Gasteiger partial charge is 0.293 e. The zero-order chi connectivity index (χ0) is 9.68. The molecule has 0 heterocycles. The molecule has 0 atom stereocenters. The van der Waals surface area contributed by atoms with E-state index in [1.807, 2.05) is 19.1 Å². The molecule has 0 fully saturated rings. The van der Waals surface area contributed by atoms with Gasteiger partial charge in [-0.1, -0.05) is 18.2 Å². The number of hydrogen-bond donors (Lipinski definition) is 0. The average Bonchev–Trinajstić information content (AvgIpc) is 2.15. The van der Waals surface area contributed by atoms with E-state index in [2.05, 4.69) is 16.7 Å². The molecule has 1 radical (unpaired) electrons. The van der Waals surface area contributed by atoms with Gasteiger partial charge in [-0.3, -0.25) is 4.89 Å². The van der Waals surface area contributed by atoms with E-state index in [0.29, 0.717) is 5.56 Å². The summed E-state index contributed by atoms with van der Waals surface area (Å²) in [7, 11) is 0. The molecule has 0 saturated heterocycles. The largest absolute Gasteiger partial charge is 0.373 e. The van der Waals surface area contributed by atoms with Crippen LogP contribution < -0.4 is 0 Å². The van der Waals surface area contributed by atoms with Gasteiger partial charge in [0.1, 0.15) is 0 Å². The Morgan fingerprint density at radius 1 is 1.46 bits per heavy atom. The third-order valence-electron chi connectivity index (χ3n) is 1.58.